The topological polar surface area (TPSA) is 98.5 Å². The highest BCUT2D eigenvalue weighted by Crippen LogP contribution is 2.20. The molecule has 8 nitrogen and oxygen atoms in total. The lowest BCUT2D eigenvalue weighted by Crippen LogP contribution is -2.22. The lowest BCUT2D eigenvalue weighted by atomic mass is 10.1. The highest BCUT2D eigenvalue weighted by molar-refractivity contribution is 9.10. The van der Waals surface area contributed by atoms with Crippen molar-refractivity contribution in [1.82, 2.24) is 19.6 Å². The highest BCUT2D eigenvalue weighted by Gasteiger charge is 2.17. The van der Waals surface area contributed by atoms with Gasteiger partial charge in [-0.1, -0.05) is 27.7 Å². The van der Waals surface area contributed by atoms with E-state index in [-0.39, 0.29) is 13.0 Å². The summed E-state index contributed by atoms with van der Waals surface area (Å²) >= 11 is 4.83. The highest BCUT2D eigenvalue weighted by atomic mass is 79.9. The minimum absolute atomic E-state index is 0.000258. The van der Waals surface area contributed by atoms with E-state index in [0.29, 0.717) is 27.9 Å². The molecule has 3 aromatic rings. The van der Waals surface area contributed by atoms with Crippen molar-refractivity contribution in [3.8, 4) is 0 Å². The van der Waals surface area contributed by atoms with Gasteiger partial charge in [0.05, 0.1) is 6.42 Å². The number of nitrogens with one attached hydrogen (secondary N) is 1. The zero-order valence-corrected chi connectivity index (χ0v) is 18.8. The molecule has 1 N–H and O–H groups in total. The van der Waals surface area contributed by atoms with Crippen molar-refractivity contribution in [3.63, 3.8) is 0 Å². The van der Waals surface area contributed by atoms with Gasteiger partial charge < -0.3 is 10.1 Å². The molecule has 1 amide bonds. The first kappa shape index (κ1) is 21.3. The van der Waals surface area contributed by atoms with Crippen LogP contribution in [0.3, 0.4) is 0 Å². The van der Waals surface area contributed by atoms with Gasteiger partial charge in [-0.05, 0) is 50.8 Å². The van der Waals surface area contributed by atoms with Crippen LogP contribution in [0.1, 0.15) is 22.5 Å². The summed E-state index contributed by atoms with van der Waals surface area (Å²) in [6.45, 7) is 5.23. The first-order chi connectivity index (χ1) is 13.8. The standard InChI is InChI=1S/C19H20BrN5O3S/c1-10-7-13(5-6-15(10)20)22-16(26)9-28-17(27)8-14-11(2)21-18-23-19(29-4)24-25(18)12(14)3/h5-7H,8-9H2,1-4H3,(H,22,26). The van der Waals surface area contributed by atoms with Gasteiger partial charge in [-0.3, -0.25) is 9.59 Å². The molecule has 0 atom stereocenters. The van der Waals surface area contributed by atoms with Crippen molar-refractivity contribution in [1.29, 1.82) is 0 Å². The molecule has 3 rings (SSSR count). The van der Waals surface area contributed by atoms with E-state index in [0.717, 1.165) is 15.7 Å². The molecule has 0 saturated heterocycles. The molecule has 0 saturated carbocycles. The van der Waals surface area contributed by atoms with Crippen LogP contribution >= 0.6 is 27.7 Å². The zero-order valence-electron chi connectivity index (χ0n) is 16.4. The number of fused-ring (bicyclic) bond motifs is 1. The van der Waals surface area contributed by atoms with Crippen molar-refractivity contribution in [2.45, 2.75) is 32.3 Å². The first-order valence-electron chi connectivity index (χ1n) is 8.77. The van der Waals surface area contributed by atoms with E-state index in [4.69, 9.17) is 4.74 Å². The van der Waals surface area contributed by atoms with Crippen molar-refractivity contribution < 1.29 is 14.3 Å². The first-order valence-corrected chi connectivity index (χ1v) is 10.8. The predicted molar refractivity (Wildman–Crippen MR) is 114 cm³/mol. The molecule has 29 heavy (non-hydrogen) atoms. The monoisotopic (exact) mass is 477 g/mol. The number of carbonyl (C=O) groups is 2. The molecule has 1 aromatic carbocycles. The van der Waals surface area contributed by atoms with E-state index in [1.54, 1.807) is 10.6 Å². The lowest BCUT2D eigenvalue weighted by Gasteiger charge is -2.11. The summed E-state index contributed by atoms with van der Waals surface area (Å²) in [6, 6.07) is 5.45. The summed E-state index contributed by atoms with van der Waals surface area (Å²) in [6.07, 6.45) is 1.88. The number of benzene rings is 1. The fourth-order valence-electron chi connectivity index (χ4n) is 2.79. The molecule has 0 radical (unpaired) electrons. The van der Waals surface area contributed by atoms with E-state index in [1.165, 1.54) is 11.8 Å². The van der Waals surface area contributed by atoms with Crippen molar-refractivity contribution in [2.75, 3.05) is 18.2 Å². The van der Waals surface area contributed by atoms with Gasteiger partial charge in [-0.2, -0.15) is 4.98 Å². The molecule has 0 aliphatic carbocycles. The summed E-state index contributed by atoms with van der Waals surface area (Å²) in [4.78, 5) is 33.1. The van der Waals surface area contributed by atoms with Gasteiger partial charge in [0.2, 0.25) is 5.16 Å². The molecular formula is C19H20BrN5O3S. The number of anilines is 1. The van der Waals surface area contributed by atoms with E-state index >= 15 is 0 Å². The van der Waals surface area contributed by atoms with Crippen LogP contribution in [0.15, 0.2) is 27.8 Å². The summed E-state index contributed by atoms with van der Waals surface area (Å²) in [5.74, 6) is -0.418. The third kappa shape index (κ3) is 4.94. The molecule has 0 unspecified atom stereocenters. The molecule has 0 aliphatic rings. The number of aromatic nitrogens is 4. The van der Waals surface area contributed by atoms with Gasteiger partial charge in [-0.25, -0.2) is 9.50 Å². The molecule has 2 heterocycles. The van der Waals surface area contributed by atoms with Crippen LogP contribution in [0.25, 0.3) is 5.78 Å². The number of thioether (sulfide) groups is 1. The van der Waals surface area contributed by atoms with Crippen molar-refractivity contribution in [3.05, 3.63) is 45.2 Å². The second kappa shape index (κ2) is 8.91. The van der Waals surface area contributed by atoms with E-state index < -0.39 is 11.9 Å². The number of nitrogens with zero attached hydrogens (tertiary/aromatic N) is 4. The van der Waals surface area contributed by atoms with Crippen molar-refractivity contribution in [2.24, 2.45) is 0 Å². The van der Waals surface area contributed by atoms with Gasteiger partial charge in [0.25, 0.3) is 11.7 Å². The fraction of sp³-hybridized carbons (Fsp3) is 0.316. The number of esters is 1. The second-order valence-corrected chi connectivity index (χ2v) is 8.05. The number of hydrogen-bond acceptors (Lipinski definition) is 7. The maximum atomic E-state index is 12.3. The molecule has 2 aromatic heterocycles. The minimum atomic E-state index is -0.510. The van der Waals surface area contributed by atoms with Crippen LogP contribution in [-0.2, 0) is 20.7 Å². The summed E-state index contributed by atoms with van der Waals surface area (Å²) in [5, 5.41) is 7.68. The predicted octanol–water partition coefficient (Wildman–Crippen LogP) is 3.26. The molecule has 0 bridgehead atoms. The number of amides is 1. The van der Waals surface area contributed by atoms with Gasteiger partial charge >= 0.3 is 5.97 Å². The molecule has 0 fully saturated rings. The van der Waals surface area contributed by atoms with Crippen LogP contribution in [0.5, 0.6) is 0 Å². The molecule has 0 aliphatic heterocycles. The summed E-state index contributed by atoms with van der Waals surface area (Å²) in [7, 11) is 0. The fourth-order valence-corrected chi connectivity index (χ4v) is 3.38. The Hall–Kier alpha value is -2.46. The SMILES string of the molecule is CSc1nc2nc(C)c(CC(=O)OCC(=O)Nc3ccc(Br)c(C)c3)c(C)n2n1. The normalized spacial score (nSPS) is 10.9. The Balaban J connectivity index is 1.63. The third-order valence-electron chi connectivity index (χ3n) is 4.34. The summed E-state index contributed by atoms with van der Waals surface area (Å²) < 4.78 is 7.71. The Kier molecular flexibility index (Phi) is 6.53. The second-order valence-electron chi connectivity index (χ2n) is 6.42. The number of aryl methyl sites for hydroxylation is 3. The van der Waals surface area contributed by atoms with E-state index in [9.17, 15) is 9.59 Å². The van der Waals surface area contributed by atoms with Crippen molar-refractivity contribution >= 4 is 51.0 Å². The average molecular weight is 478 g/mol. The Morgan fingerprint density at radius 2 is 2.00 bits per heavy atom. The molecule has 152 valence electrons. The minimum Gasteiger partial charge on any atom is -0.455 e. The Morgan fingerprint density at radius 1 is 1.24 bits per heavy atom. The molecular weight excluding hydrogens is 458 g/mol. The Morgan fingerprint density at radius 3 is 2.69 bits per heavy atom. The average Bonchev–Trinajstić information content (AvgIpc) is 3.09. The van der Waals surface area contributed by atoms with Crippen LogP contribution in [-0.4, -0.2) is 44.3 Å². The molecule has 0 spiro atoms. The zero-order chi connectivity index (χ0) is 21.1. The number of rotatable bonds is 6. The van der Waals surface area contributed by atoms with Crippen LogP contribution in [0.2, 0.25) is 0 Å². The lowest BCUT2D eigenvalue weighted by molar-refractivity contribution is -0.146. The van der Waals surface area contributed by atoms with Gasteiger partial charge in [0.1, 0.15) is 0 Å². The largest absolute Gasteiger partial charge is 0.455 e. The maximum absolute atomic E-state index is 12.3. The van der Waals surface area contributed by atoms with E-state index in [1.807, 2.05) is 39.2 Å². The molecule has 10 heteroatoms. The Bertz CT molecular complexity index is 1100. The number of carbonyl (C=O) groups excluding carboxylic acids is 2. The number of hydrogen-bond donors (Lipinski definition) is 1. The van der Waals surface area contributed by atoms with Gasteiger partial charge in [0, 0.05) is 27.1 Å². The number of halogens is 1. The van der Waals surface area contributed by atoms with Crippen LogP contribution in [0.4, 0.5) is 5.69 Å². The van der Waals surface area contributed by atoms with Gasteiger partial charge in [0.15, 0.2) is 6.61 Å². The van der Waals surface area contributed by atoms with E-state index in [2.05, 4.69) is 36.3 Å². The number of ether oxygens (including phenoxy) is 1. The Labute approximate surface area is 180 Å². The quantitative estimate of drug-likeness (QED) is 0.429. The summed E-state index contributed by atoms with van der Waals surface area (Å²) in [5.41, 5.74) is 3.80. The third-order valence-corrected chi connectivity index (χ3v) is 5.77. The maximum Gasteiger partial charge on any atom is 0.310 e. The van der Waals surface area contributed by atoms with Crippen LogP contribution < -0.4 is 5.32 Å². The smallest absolute Gasteiger partial charge is 0.310 e. The van der Waals surface area contributed by atoms with Gasteiger partial charge in [-0.15, -0.1) is 5.10 Å². The van der Waals surface area contributed by atoms with Crippen LogP contribution in [0, 0.1) is 20.8 Å².